The lowest BCUT2D eigenvalue weighted by molar-refractivity contribution is -0.610. The van der Waals surface area contributed by atoms with E-state index in [1.807, 2.05) is 0 Å². The van der Waals surface area contributed by atoms with Crippen molar-refractivity contribution in [3.63, 3.8) is 0 Å². The van der Waals surface area contributed by atoms with Gasteiger partial charge in [-0.2, -0.15) is 4.73 Å². The van der Waals surface area contributed by atoms with E-state index in [1.54, 1.807) is 20.8 Å². The summed E-state index contributed by atoms with van der Waals surface area (Å²) < 4.78 is 0.527. The van der Waals surface area contributed by atoms with Gasteiger partial charge in [0, 0.05) is 18.1 Å². The largest absolute Gasteiger partial charge is 0.617 e. The second kappa shape index (κ2) is 2.83. The van der Waals surface area contributed by atoms with Crippen LogP contribution in [0.3, 0.4) is 0 Å². The zero-order chi connectivity index (χ0) is 9.46. The number of hydrogen-bond acceptors (Lipinski definition) is 2. The van der Waals surface area contributed by atoms with Crippen molar-refractivity contribution in [1.29, 1.82) is 0 Å². The molecule has 0 atom stereocenters. The number of nitrogens with zero attached hydrogens (tertiary/aromatic N) is 1. The Balaban J connectivity index is 3.60. The highest BCUT2D eigenvalue weighted by atomic mass is 35.5. The van der Waals surface area contributed by atoms with Gasteiger partial charge in [-0.15, -0.1) is 0 Å². The summed E-state index contributed by atoms with van der Waals surface area (Å²) in [6.45, 7) is 5.17. The number of pyridine rings is 1. The first kappa shape index (κ1) is 9.13. The molecule has 0 unspecified atom stereocenters. The lowest BCUT2D eigenvalue weighted by atomic mass is 10.1. The lowest BCUT2D eigenvalue weighted by Crippen LogP contribution is -2.32. The average Bonchev–Trinajstić information content (AvgIpc) is 2.08. The molecule has 3 nitrogen and oxygen atoms in total. The fraction of sp³-hybridized carbons (Fsp3) is 0.375. The molecule has 1 heterocycles. The first-order valence-corrected chi connectivity index (χ1v) is 3.92. The minimum absolute atomic E-state index is 0.130. The van der Waals surface area contributed by atoms with Gasteiger partial charge in [-0.25, -0.2) is 0 Å². The average molecular weight is 188 g/mol. The van der Waals surface area contributed by atoms with Crippen LogP contribution in [0.4, 0.5) is 0 Å². The highest BCUT2D eigenvalue weighted by Crippen LogP contribution is 2.26. The molecule has 1 N–H and O–H groups in total. The fourth-order valence-electron chi connectivity index (χ4n) is 0.999. The number of halogens is 1. The van der Waals surface area contributed by atoms with Gasteiger partial charge in [0.15, 0.2) is 5.69 Å². The van der Waals surface area contributed by atoms with Crippen LogP contribution in [-0.2, 0) is 0 Å². The summed E-state index contributed by atoms with van der Waals surface area (Å²) >= 11 is 5.56. The Kier molecular flexibility index (Phi) is 2.15. The summed E-state index contributed by atoms with van der Waals surface area (Å²) in [5, 5.41) is 20.4. The van der Waals surface area contributed by atoms with E-state index in [-0.39, 0.29) is 10.9 Å². The van der Waals surface area contributed by atoms with Gasteiger partial charge in [0.1, 0.15) is 0 Å². The van der Waals surface area contributed by atoms with Crippen LogP contribution in [0, 0.1) is 26.0 Å². The summed E-state index contributed by atoms with van der Waals surface area (Å²) in [6.07, 6.45) is 0. The highest BCUT2D eigenvalue weighted by Gasteiger charge is 2.18. The molecule has 4 heteroatoms. The van der Waals surface area contributed by atoms with Crippen molar-refractivity contribution in [2.75, 3.05) is 0 Å². The van der Waals surface area contributed by atoms with Crippen molar-refractivity contribution in [1.82, 2.24) is 0 Å². The van der Waals surface area contributed by atoms with Crippen LogP contribution < -0.4 is 4.73 Å². The molecule has 0 aromatic carbocycles. The molecule has 0 spiro atoms. The fourth-order valence-corrected chi connectivity index (χ4v) is 1.27. The summed E-state index contributed by atoms with van der Waals surface area (Å²) in [4.78, 5) is 0. The monoisotopic (exact) mass is 187 g/mol. The van der Waals surface area contributed by atoms with Crippen LogP contribution in [0.2, 0.25) is 5.15 Å². The Hall–Kier alpha value is -0.960. The van der Waals surface area contributed by atoms with Gasteiger partial charge >= 0.3 is 5.15 Å². The molecule has 66 valence electrons. The first-order chi connectivity index (χ1) is 5.46. The Bertz CT molecular complexity index is 231. The van der Waals surface area contributed by atoms with E-state index in [0.29, 0.717) is 16.0 Å². The van der Waals surface area contributed by atoms with Crippen LogP contribution in [0.15, 0.2) is 0 Å². The van der Waals surface area contributed by atoms with Gasteiger partial charge in [-0.1, -0.05) is 0 Å². The normalized spacial score (nSPS) is 10.3. The Morgan fingerprint density at radius 3 is 2.25 bits per heavy atom. The number of hydrogen-bond donors (Lipinski definition) is 1. The van der Waals surface area contributed by atoms with Gasteiger partial charge in [0.25, 0.3) is 0 Å². The van der Waals surface area contributed by atoms with Gasteiger partial charge < -0.3 is 10.3 Å². The number of aromatic nitrogens is 1. The van der Waals surface area contributed by atoms with E-state index in [0.717, 1.165) is 5.56 Å². The number of aromatic hydroxyl groups is 1. The van der Waals surface area contributed by atoms with Crippen LogP contribution >= 0.6 is 11.6 Å². The molecular weight excluding hydrogens is 178 g/mol. The molecule has 0 saturated carbocycles. The Morgan fingerprint density at radius 2 is 1.75 bits per heavy atom. The van der Waals surface area contributed by atoms with Crippen LogP contribution in [0.5, 0.6) is 5.75 Å². The smallest absolute Gasteiger partial charge is 0.329 e. The van der Waals surface area contributed by atoms with Crippen molar-refractivity contribution in [3.05, 3.63) is 27.2 Å². The SMILES string of the molecule is Cc1c(C)c(C)[n+]([O-])c(Cl)c1O. The summed E-state index contributed by atoms with van der Waals surface area (Å²) in [7, 11) is 0. The van der Waals surface area contributed by atoms with Crippen molar-refractivity contribution in [2.45, 2.75) is 20.8 Å². The zero-order valence-corrected chi connectivity index (χ0v) is 7.94. The van der Waals surface area contributed by atoms with Crippen LogP contribution in [0.1, 0.15) is 16.8 Å². The molecule has 0 saturated heterocycles. The van der Waals surface area contributed by atoms with Crippen molar-refractivity contribution >= 4 is 11.6 Å². The van der Waals surface area contributed by atoms with Crippen LogP contribution in [0.25, 0.3) is 0 Å². The van der Waals surface area contributed by atoms with Crippen LogP contribution in [-0.4, -0.2) is 5.11 Å². The van der Waals surface area contributed by atoms with Gasteiger partial charge in [0.2, 0.25) is 5.75 Å². The molecule has 0 fully saturated rings. The standard InChI is InChI=1S/C8H10ClNO2/c1-4-5(2)7(11)8(9)10(12)6(4)3/h11H,1-3H3. The molecule has 0 aliphatic carbocycles. The van der Waals surface area contributed by atoms with E-state index in [1.165, 1.54) is 0 Å². The predicted octanol–water partition coefficient (Wildman–Crippen LogP) is 1.60. The molecule has 0 amide bonds. The Morgan fingerprint density at radius 1 is 1.25 bits per heavy atom. The maximum atomic E-state index is 11.2. The van der Waals surface area contributed by atoms with E-state index < -0.39 is 0 Å². The minimum atomic E-state index is -0.157. The third kappa shape index (κ3) is 1.10. The summed E-state index contributed by atoms with van der Waals surface area (Å²) in [5.74, 6) is -0.130. The zero-order valence-electron chi connectivity index (χ0n) is 7.18. The maximum Gasteiger partial charge on any atom is 0.329 e. The quantitative estimate of drug-likeness (QED) is 0.381. The van der Waals surface area contributed by atoms with Gasteiger partial charge in [-0.05, 0) is 25.4 Å². The second-order valence-corrected chi connectivity index (χ2v) is 3.13. The molecule has 0 aliphatic heterocycles. The highest BCUT2D eigenvalue weighted by molar-refractivity contribution is 6.30. The topological polar surface area (TPSA) is 47.2 Å². The second-order valence-electron chi connectivity index (χ2n) is 2.77. The first-order valence-electron chi connectivity index (χ1n) is 3.54. The molecule has 0 aliphatic rings. The van der Waals surface area contributed by atoms with E-state index in [4.69, 9.17) is 11.6 Å². The van der Waals surface area contributed by atoms with Gasteiger partial charge in [0.05, 0.1) is 0 Å². The third-order valence-electron chi connectivity index (χ3n) is 2.14. The van der Waals surface area contributed by atoms with Gasteiger partial charge in [-0.3, -0.25) is 0 Å². The maximum absolute atomic E-state index is 11.2. The van der Waals surface area contributed by atoms with E-state index in [9.17, 15) is 10.3 Å². The molecule has 1 aromatic heterocycles. The third-order valence-corrected chi connectivity index (χ3v) is 2.47. The molecule has 0 radical (unpaired) electrons. The number of rotatable bonds is 0. The lowest BCUT2D eigenvalue weighted by Gasteiger charge is -2.09. The van der Waals surface area contributed by atoms with Crippen molar-refractivity contribution in [2.24, 2.45) is 0 Å². The van der Waals surface area contributed by atoms with E-state index in [2.05, 4.69) is 0 Å². The molecular formula is C8H10ClNO2. The van der Waals surface area contributed by atoms with Crippen molar-refractivity contribution in [3.8, 4) is 5.75 Å². The summed E-state index contributed by atoms with van der Waals surface area (Å²) in [6, 6.07) is 0. The molecule has 0 bridgehead atoms. The minimum Gasteiger partial charge on any atom is -0.617 e. The van der Waals surface area contributed by atoms with E-state index >= 15 is 0 Å². The molecule has 1 aromatic rings. The van der Waals surface area contributed by atoms with Crippen molar-refractivity contribution < 1.29 is 9.84 Å². The summed E-state index contributed by atoms with van der Waals surface area (Å²) in [5.41, 5.74) is 1.95. The Labute approximate surface area is 75.8 Å². The molecule has 12 heavy (non-hydrogen) atoms. The predicted molar refractivity (Wildman–Crippen MR) is 46.3 cm³/mol. The molecule has 1 rings (SSSR count).